The van der Waals surface area contributed by atoms with Gasteiger partial charge < -0.3 is 4.74 Å². The van der Waals surface area contributed by atoms with E-state index in [9.17, 15) is 0 Å². The van der Waals surface area contributed by atoms with Crippen LogP contribution < -0.4 is 4.74 Å². The zero-order valence-electron chi connectivity index (χ0n) is 7.84. The molecule has 0 aromatic carbocycles. The first-order valence-corrected chi connectivity index (χ1v) is 4.69. The molecule has 0 amide bonds. The summed E-state index contributed by atoms with van der Waals surface area (Å²) in [5.74, 6) is 1.43. The molecule has 0 atom stereocenters. The molecular weight excluding hydrogens is 180 g/mol. The Bertz CT molecular complexity index is 475. The van der Waals surface area contributed by atoms with Gasteiger partial charge in [0.25, 0.3) is 0 Å². The van der Waals surface area contributed by atoms with Gasteiger partial charge in [-0.2, -0.15) is 4.52 Å². The fourth-order valence-corrected chi connectivity index (χ4v) is 1.30. The molecule has 2 aromatic heterocycles. The second-order valence-corrected chi connectivity index (χ2v) is 3.51. The number of rotatable bonds is 2. The average molecular weight is 190 g/mol. The van der Waals surface area contributed by atoms with E-state index in [1.165, 1.54) is 0 Å². The van der Waals surface area contributed by atoms with Gasteiger partial charge in [0.15, 0.2) is 11.5 Å². The molecule has 1 fully saturated rings. The third kappa shape index (κ3) is 1.21. The Hall–Kier alpha value is -1.65. The van der Waals surface area contributed by atoms with Crippen LogP contribution in [0.2, 0.25) is 0 Å². The smallest absolute Gasteiger partial charge is 0.232 e. The summed E-state index contributed by atoms with van der Waals surface area (Å²) < 4.78 is 7.26. The lowest BCUT2D eigenvalue weighted by Gasteiger charge is -2.02. The SMILES string of the molecule is Cc1nnc2ccc(OC3CC3)nn12. The summed E-state index contributed by atoms with van der Waals surface area (Å²) >= 11 is 0. The van der Waals surface area contributed by atoms with Crippen molar-refractivity contribution in [3.63, 3.8) is 0 Å². The van der Waals surface area contributed by atoms with Crippen molar-refractivity contribution >= 4 is 5.65 Å². The molecule has 1 aliphatic carbocycles. The molecule has 1 aliphatic rings. The summed E-state index contributed by atoms with van der Waals surface area (Å²) in [4.78, 5) is 0. The van der Waals surface area contributed by atoms with Crippen LogP contribution in [0.25, 0.3) is 5.65 Å². The Labute approximate surface area is 80.7 Å². The van der Waals surface area contributed by atoms with Crippen molar-refractivity contribution in [2.45, 2.75) is 25.9 Å². The summed E-state index contributed by atoms with van der Waals surface area (Å²) in [5, 5.41) is 12.2. The highest BCUT2D eigenvalue weighted by atomic mass is 16.5. The number of hydrogen-bond donors (Lipinski definition) is 0. The first kappa shape index (κ1) is 7.73. The Balaban J connectivity index is 2.03. The van der Waals surface area contributed by atoms with Crippen LogP contribution in [0.15, 0.2) is 12.1 Å². The fourth-order valence-electron chi connectivity index (χ4n) is 1.30. The van der Waals surface area contributed by atoms with E-state index in [0.29, 0.717) is 12.0 Å². The quantitative estimate of drug-likeness (QED) is 0.708. The molecule has 0 unspecified atom stereocenters. The minimum absolute atomic E-state index is 0.372. The zero-order chi connectivity index (χ0) is 9.54. The summed E-state index contributed by atoms with van der Waals surface area (Å²) in [6.07, 6.45) is 2.65. The van der Waals surface area contributed by atoms with E-state index >= 15 is 0 Å². The fraction of sp³-hybridized carbons (Fsp3) is 0.444. The standard InChI is InChI=1S/C9H10N4O/c1-6-10-11-8-4-5-9(12-13(6)8)14-7-2-3-7/h4-5,7H,2-3H2,1H3. The van der Waals surface area contributed by atoms with Crippen molar-refractivity contribution in [2.75, 3.05) is 0 Å². The highest BCUT2D eigenvalue weighted by Crippen LogP contribution is 2.25. The normalized spacial score (nSPS) is 16.1. The minimum Gasteiger partial charge on any atom is -0.473 e. The number of hydrogen-bond acceptors (Lipinski definition) is 4. The highest BCUT2D eigenvalue weighted by molar-refractivity contribution is 5.37. The monoisotopic (exact) mass is 190 g/mol. The Morgan fingerprint density at radius 3 is 3.00 bits per heavy atom. The summed E-state index contributed by atoms with van der Waals surface area (Å²) in [6, 6.07) is 3.70. The molecule has 0 N–H and O–H groups in total. The van der Waals surface area contributed by atoms with Crippen LogP contribution in [0.4, 0.5) is 0 Å². The number of nitrogens with zero attached hydrogens (tertiary/aromatic N) is 4. The Kier molecular flexibility index (Phi) is 1.47. The summed E-state index contributed by atoms with van der Waals surface area (Å²) in [5.41, 5.74) is 0.755. The van der Waals surface area contributed by atoms with E-state index < -0.39 is 0 Å². The molecule has 1 saturated carbocycles. The molecule has 2 heterocycles. The maximum Gasteiger partial charge on any atom is 0.232 e. The van der Waals surface area contributed by atoms with E-state index in [2.05, 4.69) is 15.3 Å². The lowest BCUT2D eigenvalue weighted by molar-refractivity contribution is 0.286. The van der Waals surface area contributed by atoms with Gasteiger partial charge in [0.2, 0.25) is 5.88 Å². The molecule has 0 spiro atoms. The van der Waals surface area contributed by atoms with Crippen molar-refractivity contribution < 1.29 is 4.74 Å². The van der Waals surface area contributed by atoms with Crippen molar-refractivity contribution in [1.82, 2.24) is 19.8 Å². The average Bonchev–Trinajstić information content (AvgIpc) is 2.92. The lowest BCUT2D eigenvalue weighted by atomic mass is 10.5. The van der Waals surface area contributed by atoms with Gasteiger partial charge in [0, 0.05) is 6.07 Å². The van der Waals surface area contributed by atoms with Crippen LogP contribution in [0.1, 0.15) is 18.7 Å². The van der Waals surface area contributed by atoms with E-state index in [-0.39, 0.29) is 0 Å². The number of ether oxygens (including phenoxy) is 1. The zero-order valence-corrected chi connectivity index (χ0v) is 7.84. The van der Waals surface area contributed by atoms with Crippen LogP contribution in [0, 0.1) is 6.92 Å². The van der Waals surface area contributed by atoms with E-state index in [4.69, 9.17) is 4.74 Å². The van der Waals surface area contributed by atoms with Crippen LogP contribution in [-0.4, -0.2) is 25.9 Å². The molecular formula is C9H10N4O. The van der Waals surface area contributed by atoms with Crippen LogP contribution in [0.3, 0.4) is 0 Å². The second kappa shape index (κ2) is 2.67. The first-order valence-electron chi connectivity index (χ1n) is 4.69. The largest absolute Gasteiger partial charge is 0.473 e. The van der Waals surface area contributed by atoms with Gasteiger partial charge in [-0.1, -0.05) is 0 Å². The van der Waals surface area contributed by atoms with Crippen LogP contribution in [0.5, 0.6) is 5.88 Å². The van der Waals surface area contributed by atoms with Gasteiger partial charge in [0.05, 0.1) is 0 Å². The molecule has 0 bridgehead atoms. The molecule has 3 rings (SSSR count). The number of aryl methyl sites for hydroxylation is 1. The predicted molar refractivity (Wildman–Crippen MR) is 49.2 cm³/mol. The molecule has 2 aromatic rings. The minimum atomic E-state index is 0.372. The number of aromatic nitrogens is 4. The number of fused-ring (bicyclic) bond motifs is 1. The van der Waals surface area contributed by atoms with Gasteiger partial charge in [-0.15, -0.1) is 15.3 Å². The molecule has 0 aliphatic heterocycles. The van der Waals surface area contributed by atoms with Crippen molar-refractivity contribution in [2.24, 2.45) is 0 Å². The third-order valence-electron chi connectivity index (χ3n) is 2.21. The van der Waals surface area contributed by atoms with Gasteiger partial charge in [-0.25, -0.2) is 0 Å². The molecule has 0 radical (unpaired) electrons. The maximum atomic E-state index is 5.57. The van der Waals surface area contributed by atoms with Gasteiger partial charge >= 0.3 is 0 Å². The molecule has 72 valence electrons. The van der Waals surface area contributed by atoms with E-state index in [1.807, 2.05) is 19.1 Å². The molecule has 0 saturated heterocycles. The third-order valence-corrected chi connectivity index (χ3v) is 2.21. The second-order valence-electron chi connectivity index (χ2n) is 3.51. The molecule has 14 heavy (non-hydrogen) atoms. The molecule has 5 heteroatoms. The van der Waals surface area contributed by atoms with Gasteiger partial charge in [0.1, 0.15) is 6.10 Å². The topological polar surface area (TPSA) is 52.3 Å². The summed E-state index contributed by atoms with van der Waals surface area (Å²) in [7, 11) is 0. The molecule has 5 nitrogen and oxygen atoms in total. The Morgan fingerprint density at radius 1 is 1.36 bits per heavy atom. The Morgan fingerprint density at radius 2 is 2.21 bits per heavy atom. The van der Waals surface area contributed by atoms with Crippen LogP contribution >= 0.6 is 0 Å². The van der Waals surface area contributed by atoms with Crippen LogP contribution in [-0.2, 0) is 0 Å². The van der Waals surface area contributed by atoms with Gasteiger partial charge in [-0.05, 0) is 25.8 Å². The summed E-state index contributed by atoms with van der Waals surface area (Å²) in [6.45, 7) is 1.87. The van der Waals surface area contributed by atoms with E-state index in [1.54, 1.807) is 4.52 Å². The van der Waals surface area contributed by atoms with Crippen molar-refractivity contribution in [3.8, 4) is 5.88 Å². The van der Waals surface area contributed by atoms with Crippen molar-refractivity contribution in [1.29, 1.82) is 0 Å². The van der Waals surface area contributed by atoms with Gasteiger partial charge in [-0.3, -0.25) is 0 Å². The lowest BCUT2D eigenvalue weighted by Crippen LogP contribution is -2.02. The highest BCUT2D eigenvalue weighted by Gasteiger charge is 2.24. The first-order chi connectivity index (χ1) is 6.83. The predicted octanol–water partition coefficient (Wildman–Crippen LogP) is 0.974. The maximum absolute atomic E-state index is 5.57. The van der Waals surface area contributed by atoms with Crippen molar-refractivity contribution in [3.05, 3.63) is 18.0 Å². The van der Waals surface area contributed by atoms with E-state index in [0.717, 1.165) is 24.3 Å².